The van der Waals surface area contributed by atoms with Crippen molar-refractivity contribution in [1.29, 1.82) is 0 Å². The highest BCUT2D eigenvalue weighted by molar-refractivity contribution is 7.89. The van der Waals surface area contributed by atoms with E-state index in [1.807, 2.05) is 18.2 Å². The second-order valence-corrected chi connectivity index (χ2v) is 4.04. The van der Waals surface area contributed by atoms with Gasteiger partial charge < -0.3 is 10.1 Å². The Bertz CT molecular complexity index is 272. The van der Waals surface area contributed by atoms with Crippen LogP contribution in [0.4, 0.5) is 0 Å². The summed E-state index contributed by atoms with van der Waals surface area (Å²) in [5.41, 5.74) is 1.28. The Balaban J connectivity index is 1.85. The summed E-state index contributed by atoms with van der Waals surface area (Å²) in [4.78, 5) is 0. The SMILES string of the molecule is COSOCCOCCNCc1ccccc1. The summed E-state index contributed by atoms with van der Waals surface area (Å²) in [5.74, 6) is 0. The fourth-order valence-electron chi connectivity index (χ4n) is 1.25. The van der Waals surface area contributed by atoms with E-state index >= 15 is 0 Å². The molecule has 0 saturated carbocycles. The Morgan fingerprint density at radius 1 is 1.12 bits per heavy atom. The van der Waals surface area contributed by atoms with E-state index in [4.69, 9.17) is 8.92 Å². The smallest absolute Gasteiger partial charge is 0.158 e. The molecule has 1 aromatic carbocycles. The van der Waals surface area contributed by atoms with Crippen LogP contribution in [0.2, 0.25) is 0 Å². The normalized spacial score (nSPS) is 10.6. The zero-order valence-electron chi connectivity index (χ0n) is 10.1. The molecule has 0 aliphatic heterocycles. The van der Waals surface area contributed by atoms with Crippen LogP contribution in [0.15, 0.2) is 30.3 Å². The van der Waals surface area contributed by atoms with Crippen molar-refractivity contribution in [3.63, 3.8) is 0 Å². The predicted molar refractivity (Wildman–Crippen MR) is 69.5 cm³/mol. The fraction of sp³-hybridized carbons (Fsp3) is 0.500. The van der Waals surface area contributed by atoms with Gasteiger partial charge >= 0.3 is 0 Å². The first kappa shape index (κ1) is 14.5. The van der Waals surface area contributed by atoms with E-state index in [2.05, 4.69) is 21.6 Å². The molecular weight excluding hydrogens is 238 g/mol. The van der Waals surface area contributed by atoms with E-state index in [0.29, 0.717) is 19.8 Å². The van der Waals surface area contributed by atoms with Crippen molar-refractivity contribution in [1.82, 2.24) is 5.32 Å². The maximum atomic E-state index is 5.36. The molecule has 0 aromatic heterocycles. The van der Waals surface area contributed by atoms with E-state index < -0.39 is 0 Å². The minimum Gasteiger partial charge on any atom is -0.378 e. The number of hydrogen-bond donors (Lipinski definition) is 1. The Morgan fingerprint density at radius 2 is 1.94 bits per heavy atom. The molecule has 5 heteroatoms. The van der Waals surface area contributed by atoms with Crippen LogP contribution in [0.3, 0.4) is 0 Å². The van der Waals surface area contributed by atoms with Crippen LogP contribution in [-0.4, -0.2) is 33.5 Å². The van der Waals surface area contributed by atoms with Crippen molar-refractivity contribution in [3.8, 4) is 0 Å². The van der Waals surface area contributed by atoms with Crippen molar-refractivity contribution in [2.24, 2.45) is 0 Å². The molecule has 17 heavy (non-hydrogen) atoms. The van der Waals surface area contributed by atoms with Gasteiger partial charge in [0, 0.05) is 13.1 Å². The summed E-state index contributed by atoms with van der Waals surface area (Å²) >= 11 is 0.978. The molecule has 0 saturated heterocycles. The van der Waals surface area contributed by atoms with Crippen molar-refractivity contribution < 1.29 is 13.1 Å². The van der Waals surface area contributed by atoms with E-state index in [1.165, 1.54) is 5.56 Å². The highest BCUT2D eigenvalue weighted by atomic mass is 32.2. The summed E-state index contributed by atoms with van der Waals surface area (Å²) in [6.45, 7) is 3.53. The van der Waals surface area contributed by atoms with E-state index in [1.54, 1.807) is 7.11 Å². The Morgan fingerprint density at radius 3 is 2.71 bits per heavy atom. The van der Waals surface area contributed by atoms with E-state index in [-0.39, 0.29) is 0 Å². The number of nitrogens with one attached hydrogen (secondary N) is 1. The Hall–Kier alpha value is -0.590. The summed E-state index contributed by atoms with van der Waals surface area (Å²) in [7, 11) is 1.57. The van der Waals surface area contributed by atoms with Gasteiger partial charge in [-0.15, -0.1) is 0 Å². The van der Waals surface area contributed by atoms with Crippen LogP contribution in [0.25, 0.3) is 0 Å². The van der Waals surface area contributed by atoms with Gasteiger partial charge in [0.2, 0.25) is 0 Å². The van der Waals surface area contributed by atoms with Crippen LogP contribution in [0.1, 0.15) is 5.56 Å². The lowest BCUT2D eigenvalue weighted by Gasteiger charge is -2.06. The lowest BCUT2D eigenvalue weighted by Crippen LogP contribution is -2.20. The minimum absolute atomic E-state index is 0.539. The van der Waals surface area contributed by atoms with Crippen LogP contribution >= 0.6 is 12.3 Å². The maximum Gasteiger partial charge on any atom is 0.158 e. The third-order valence-corrected chi connectivity index (χ3v) is 2.42. The van der Waals surface area contributed by atoms with Gasteiger partial charge in [-0.25, -0.2) is 0 Å². The first-order valence-electron chi connectivity index (χ1n) is 5.58. The molecule has 0 bridgehead atoms. The molecule has 0 heterocycles. The molecule has 1 N–H and O–H groups in total. The second kappa shape index (κ2) is 10.6. The van der Waals surface area contributed by atoms with Crippen LogP contribution in [-0.2, 0) is 19.6 Å². The average molecular weight is 257 g/mol. The van der Waals surface area contributed by atoms with Gasteiger partial charge in [0.25, 0.3) is 0 Å². The second-order valence-electron chi connectivity index (χ2n) is 3.33. The van der Waals surface area contributed by atoms with Gasteiger partial charge in [-0.2, -0.15) is 0 Å². The number of hydrogen-bond acceptors (Lipinski definition) is 5. The summed E-state index contributed by atoms with van der Waals surface area (Å²) in [6.07, 6.45) is 0. The number of benzene rings is 1. The molecule has 0 radical (unpaired) electrons. The molecule has 1 aromatic rings. The zero-order valence-corrected chi connectivity index (χ0v) is 10.9. The van der Waals surface area contributed by atoms with Gasteiger partial charge in [-0.3, -0.25) is 8.37 Å². The molecule has 0 unspecified atom stereocenters. The molecular formula is C12H19NO3S. The predicted octanol–water partition coefficient (Wildman–Crippen LogP) is 2.02. The molecule has 0 aliphatic carbocycles. The molecule has 0 aliphatic rings. The fourth-order valence-corrected chi connectivity index (χ4v) is 1.48. The minimum atomic E-state index is 0.539. The maximum absolute atomic E-state index is 5.36. The lowest BCUT2D eigenvalue weighted by atomic mass is 10.2. The topological polar surface area (TPSA) is 39.7 Å². The summed E-state index contributed by atoms with van der Waals surface area (Å²) < 4.78 is 15.0. The third-order valence-electron chi connectivity index (χ3n) is 2.02. The first-order valence-corrected chi connectivity index (χ1v) is 6.25. The number of ether oxygens (including phenoxy) is 1. The molecule has 0 fully saturated rings. The van der Waals surface area contributed by atoms with Crippen molar-refractivity contribution >= 4 is 12.3 Å². The van der Waals surface area contributed by atoms with Crippen LogP contribution in [0, 0.1) is 0 Å². The molecule has 1 rings (SSSR count). The summed E-state index contributed by atoms with van der Waals surface area (Å²) in [5, 5.41) is 3.31. The Labute approximate surface area is 107 Å². The monoisotopic (exact) mass is 257 g/mol. The summed E-state index contributed by atoms with van der Waals surface area (Å²) in [6, 6.07) is 10.3. The number of rotatable bonds is 10. The van der Waals surface area contributed by atoms with Crippen LogP contribution < -0.4 is 5.32 Å². The van der Waals surface area contributed by atoms with Crippen molar-refractivity contribution in [2.45, 2.75) is 6.54 Å². The largest absolute Gasteiger partial charge is 0.378 e. The quantitative estimate of drug-likeness (QED) is 0.513. The van der Waals surface area contributed by atoms with Gasteiger partial charge in [0.15, 0.2) is 12.3 Å². The standard InChI is InChI=1S/C12H19NO3S/c1-14-17-16-10-9-15-8-7-13-11-12-5-3-2-4-6-12/h2-6,13H,7-11H2,1H3. The van der Waals surface area contributed by atoms with Gasteiger partial charge in [-0.05, 0) is 5.56 Å². The van der Waals surface area contributed by atoms with E-state index in [0.717, 1.165) is 25.4 Å². The molecule has 0 atom stereocenters. The van der Waals surface area contributed by atoms with Crippen molar-refractivity contribution in [2.75, 3.05) is 33.5 Å². The third kappa shape index (κ3) is 8.18. The van der Waals surface area contributed by atoms with Crippen molar-refractivity contribution in [3.05, 3.63) is 35.9 Å². The van der Waals surface area contributed by atoms with E-state index in [9.17, 15) is 0 Å². The van der Waals surface area contributed by atoms with Gasteiger partial charge in [0.1, 0.15) is 0 Å². The molecule has 0 spiro atoms. The van der Waals surface area contributed by atoms with Crippen LogP contribution in [0.5, 0.6) is 0 Å². The lowest BCUT2D eigenvalue weighted by molar-refractivity contribution is 0.105. The molecule has 96 valence electrons. The van der Waals surface area contributed by atoms with Gasteiger partial charge in [-0.1, -0.05) is 30.3 Å². The Kier molecular flexibility index (Phi) is 8.99. The highest BCUT2D eigenvalue weighted by Gasteiger charge is 1.92. The zero-order chi connectivity index (χ0) is 12.2. The first-order chi connectivity index (χ1) is 8.43. The van der Waals surface area contributed by atoms with Gasteiger partial charge in [0.05, 0.1) is 26.9 Å². The molecule has 4 nitrogen and oxygen atoms in total. The molecule has 0 amide bonds. The highest BCUT2D eigenvalue weighted by Crippen LogP contribution is 2.00. The average Bonchev–Trinajstić information content (AvgIpc) is 2.38.